The number of aromatic nitrogens is 2. The SMILES string of the molecule is CC(Cc1ccncc1)NC(=O)c1cc2[nH]c3ccccc3c(=O)c2cc1F. The Kier molecular flexibility index (Phi) is 4.61. The molecule has 2 aromatic heterocycles. The largest absolute Gasteiger partial charge is 0.354 e. The van der Waals surface area contributed by atoms with Crippen molar-refractivity contribution in [1.82, 2.24) is 15.3 Å². The highest BCUT2D eigenvalue weighted by Crippen LogP contribution is 2.19. The van der Waals surface area contributed by atoms with E-state index in [9.17, 15) is 14.0 Å². The van der Waals surface area contributed by atoms with E-state index < -0.39 is 11.7 Å². The molecule has 4 aromatic rings. The molecule has 0 saturated carbocycles. The molecule has 0 aliphatic heterocycles. The van der Waals surface area contributed by atoms with Gasteiger partial charge in [-0.3, -0.25) is 14.6 Å². The minimum atomic E-state index is -0.720. The van der Waals surface area contributed by atoms with Crippen molar-refractivity contribution >= 4 is 27.7 Å². The zero-order valence-electron chi connectivity index (χ0n) is 15.2. The molecule has 6 heteroatoms. The molecular weight excluding hydrogens is 357 g/mol. The Morgan fingerprint density at radius 1 is 1.11 bits per heavy atom. The Bertz CT molecular complexity index is 1240. The molecule has 1 amide bonds. The van der Waals surface area contributed by atoms with E-state index in [-0.39, 0.29) is 22.4 Å². The highest BCUT2D eigenvalue weighted by molar-refractivity contribution is 6.00. The number of carbonyl (C=O) groups is 1. The fourth-order valence-electron chi connectivity index (χ4n) is 3.34. The number of nitrogens with one attached hydrogen (secondary N) is 2. The summed E-state index contributed by atoms with van der Waals surface area (Å²) < 4.78 is 14.6. The van der Waals surface area contributed by atoms with Crippen molar-refractivity contribution in [1.29, 1.82) is 0 Å². The second-order valence-electron chi connectivity index (χ2n) is 6.81. The number of H-pyrrole nitrogens is 1. The van der Waals surface area contributed by atoms with E-state index in [1.165, 1.54) is 6.07 Å². The average molecular weight is 375 g/mol. The van der Waals surface area contributed by atoms with Crippen LogP contribution in [0.1, 0.15) is 22.8 Å². The molecule has 5 nitrogen and oxygen atoms in total. The number of para-hydroxylation sites is 1. The minimum absolute atomic E-state index is 0.0972. The first-order chi connectivity index (χ1) is 13.5. The summed E-state index contributed by atoms with van der Waals surface area (Å²) in [5, 5.41) is 3.51. The van der Waals surface area contributed by atoms with Gasteiger partial charge < -0.3 is 10.3 Å². The summed E-state index contributed by atoms with van der Waals surface area (Å²) in [5.74, 6) is -1.24. The van der Waals surface area contributed by atoms with Gasteiger partial charge in [0.2, 0.25) is 0 Å². The van der Waals surface area contributed by atoms with Gasteiger partial charge in [-0.2, -0.15) is 0 Å². The molecule has 0 spiro atoms. The number of hydrogen-bond donors (Lipinski definition) is 2. The van der Waals surface area contributed by atoms with Gasteiger partial charge in [-0.1, -0.05) is 12.1 Å². The zero-order valence-corrected chi connectivity index (χ0v) is 15.2. The molecule has 0 saturated heterocycles. The standard InChI is InChI=1S/C22H18FN3O2/c1-13(10-14-6-8-24-9-7-14)25-22(28)16-12-20-17(11-18(16)23)21(27)15-4-2-3-5-19(15)26-20/h2-9,11-13H,10H2,1H3,(H,25,28)(H,26,27). The van der Waals surface area contributed by atoms with Gasteiger partial charge in [0.1, 0.15) is 5.82 Å². The van der Waals surface area contributed by atoms with Gasteiger partial charge in [-0.05, 0) is 55.3 Å². The fourth-order valence-corrected chi connectivity index (χ4v) is 3.34. The van der Waals surface area contributed by atoms with Crippen molar-refractivity contribution < 1.29 is 9.18 Å². The molecule has 2 aromatic carbocycles. The first-order valence-corrected chi connectivity index (χ1v) is 8.97. The molecule has 2 N–H and O–H groups in total. The van der Waals surface area contributed by atoms with Crippen LogP contribution in [-0.2, 0) is 6.42 Å². The number of pyridine rings is 2. The van der Waals surface area contributed by atoms with Crippen LogP contribution >= 0.6 is 0 Å². The topological polar surface area (TPSA) is 74.8 Å². The number of aromatic amines is 1. The van der Waals surface area contributed by atoms with Gasteiger partial charge in [0.25, 0.3) is 5.91 Å². The third kappa shape index (κ3) is 3.36. The Balaban J connectivity index is 1.66. The van der Waals surface area contributed by atoms with E-state index in [4.69, 9.17) is 0 Å². The Labute approximate surface area is 160 Å². The monoisotopic (exact) mass is 375 g/mol. The maximum atomic E-state index is 14.6. The number of rotatable bonds is 4. The number of fused-ring (bicyclic) bond motifs is 2. The smallest absolute Gasteiger partial charge is 0.254 e. The summed E-state index contributed by atoms with van der Waals surface area (Å²) >= 11 is 0. The summed E-state index contributed by atoms with van der Waals surface area (Å²) in [6, 6.07) is 13.1. The molecule has 0 radical (unpaired) electrons. The van der Waals surface area contributed by atoms with Crippen LogP contribution in [-0.4, -0.2) is 21.9 Å². The summed E-state index contributed by atoms with van der Waals surface area (Å²) in [5.41, 5.74) is 1.74. The van der Waals surface area contributed by atoms with Crippen LogP contribution in [0.2, 0.25) is 0 Å². The highest BCUT2D eigenvalue weighted by atomic mass is 19.1. The van der Waals surface area contributed by atoms with E-state index in [0.29, 0.717) is 22.8 Å². The molecule has 140 valence electrons. The Morgan fingerprint density at radius 2 is 1.86 bits per heavy atom. The van der Waals surface area contributed by atoms with Crippen LogP contribution in [0, 0.1) is 5.82 Å². The fraction of sp³-hybridized carbons (Fsp3) is 0.136. The minimum Gasteiger partial charge on any atom is -0.354 e. The van der Waals surface area contributed by atoms with Crippen molar-refractivity contribution in [2.24, 2.45) is 0 Å². The Morgan fingerprint density at radius 3 is 2.64 bits per heavy atom. The first kappa shape index (κ1) is 17.9. The van der Waals surface area contributed by atoms with E-state index in [2.05, 4.69) is 15.3 Å². The maximum Gasteiger partial charge on any atom is 0.254 e. The van der Waals surface area contributed by atoms with Gasteiger partial charge in [-0.15, -0.1) is 0 Å². The second-order valence-corrected chi connectivity index (χ2v) is 6.81. The zero-order chi connectivity index (χ0) is 19.7. The summed E-state index contributed by atoms with van der Waals surface area (Å²) in [6.45, 7) is 1.85. The second kappa shape index (κ2) is 7.23. The van der Waals surface area contributed by atoms with E-state index in [1.807, 2.05) is 25.1 Å². The summed E-state index contributed by atoms with van der Waals surface area (Å²) in [6.07, 6.45) is 3.98. The molecule has 0 aliphatic rings. The molecule has 1 unspecified atom stereocenters. The van der Waals surface area contributed by atoms with Crippen LogP contribution in [0.5, 0.6) is 0 Å². The van der Waals surface area contributed by atoms with Crippen LogP contribution in [0.3, 0.4) is 0 Å². The number of nitrogens with zero attached hydrogens (tertiary/aromatic N) is 1. The van der Waals surface area contributed by atoms with Crippen molar-refractivity contribution in [3.05, 3.63) is 88.1 Å². The average Bonchev–Trinajstić information content (AvgIpc) is 2.69. The van der Waals surface area contributed by atoms with Gasteiger partial charge in [0, 0.05) is 34.7 Å². The molecule has 28 heavy (non-hydrogen) atoms. The normalized spacial score (nSPS) is 12.2. The van der Waals surface area contributed by atoms with Crippen molar-refractivity contribution in [2.45, 2.75) is 19.4 Å². The van der Waals surface area contributed by atoms with E-state index in [1.54, 1.807) is 30.6 Å². The quantitative estimate of drug-likeness (QED) is 0.536. The van der Waals surface area contributed by atoms with Crippen LogP contribution < -0.4 is 10.7 Å². The van der Waals surface area contributed by atoms with Gasteiger partial charge in [0.05, 0.1) is 11.1 Å². The number of hydrogen-bond acceptors (Lipinski definition) is 3. The van der Waals surface area contributed by atoms with Gasteiger partial charge in [-0.25, -0.2) is 4.39 Å². The van der Waals surface area contributed by atoms with Crippen molar-refractivity contribution in [3.63, 3.8) is 0 Å². The lowest BCUT2D eigenvalue weighted by molar-refractivity contribution is 0.0936. The van der Waals surface area contributed by atoms with Gasteiger partial charge in [0.15, 0.2) is 5.43 Å². The molecule has 2 heterocycles. The molecule has 0 fully saturated rings. The molecule has 0 aliphatic carbocycles. The lowest BCUT2D eigenvalue weighted by Gasteiger charge is -2.15. The maximum absolute atomic E-state index is 14.6. The van der Waals surface area contributed by atoms with Crippen LogP contribution in [0.15, 0.2) is 65.7 Å². The van der Waals surface area contributed by atoms with E-state index in [0.717, 1.165) is 11.6 Å². The Hall–Kier alpha value is -3.54. The van der Waals surface area contributed by atoms with Gasteiger partial charge >= 0.3 is 0 Å². The van der Waals surface area contributed by atoms with Crippen LogP contribution in [0.25, 0.3) is 21.8 Å². The predicted octanol–water partition coefficient (Wildman–Crippen LogP) is 3.58. The highest BCUT2D eigenvalue weighted by Gasteiger charge is 2.17. The van der Waals surface area contributed by atoms with Crippen molar-refractivity contribution in [3.8, 4) is 0 Å². The number of carbonyl (C=O) groups excluding carboxylic acids is 1. The lowest BCUT2D eigenvalue weighted by atomic mass is 10.1. The number of benzene rings is 2. The van der Waals surface area contributed by atoms with Crippen molar-refractivity contribution in [2.75, 3.05) is 0 Å². The molecule has 0 bridgehead atoms. The summed E-state index contributed by atoms with van der Waals surface area (Å²) in [4.78, 5) is 32.3. The molecule has 1 atom stereocenters. The third-order valence-electron chi connectivity index (χ3n) is 4.71. The molecule has 4 rings (SSSR count). The van der Waals surface area contributed by atoms with E-state index >= 15 is 0 Å². The molecular formula is C22H18FN3O2. The summed E-state index contributed by atoms with van der Waals surface area (Å²) in [7, 11) is 0. The third-order valence-corrected chi connectivity index (χ3v) is 4.71. The first-order valence-electron chi connectivity index (χ1n) is 8.97. The number of amides is 1. The number of halogens is 1. The lowest BCUT2D eigenvalue weighted by Crippen LogP contribution is -2.34. The van der Waals surface area contributed by atoms with Crippen LogP contribution in [0.4, 0.5) is 4.39 Å². The predicted molar refractivity (Wildman–Crippen MR) is 107 cm³/mol.